The van der Waals surface area contributed by atoms with Crippen LogP contribution in [-0.2, 0) is 13.0 Å². The van der Waals surface area contributed by atoms with Gasteiger partial charge in [-0.3, -0.25) is 4.68 Å². The van der Waals surface area contributed by atoms with Gasteiger partial charge < -0.3 is 5.32 Å². The van der Waals surface area contributed by atoms with Crippen molar-refractivity contribution in [3.8, 4) is 0 Å². The van der Waals surface area contributed by atoms with Crippen LogP contribution in [-0.4, -0.2) is 21.8 Å². The smallest absolute Gasteiger partial charge is 0.138 e. The summed E-state index contributed by atoms with van der Waals surface area (Å²) >= 11 is 0. The van der Waals surface area contributed by atoms with Crippen LogP contribution in [0.25, 0.3) is 0 Å². The number of hydrogen-bond acceptors (Lipinski definition) is 3. The number of rotatable bonds is 5. The molecule has 1 unspecified atom stereocenters. The number of nitrogens with one attached hydrogen (secondary N) is 1. The molecule has 20 heavy (non-hydrogen) atoms. The molecule has 0 aliphatic heterocycles. The van der Waals surface area contributed by atoms with Crippen molar-refractivity contribution < 1.29 is 13.2 Å². The van der Waals surface area contributed by atoms with Gasteiger partial charge in [0.2, 0.25) is 0 Å². The van der Waals surface area contributed by atoms with Gasteiger partial charge >= 0.3 is 0 Å². The van der Waals surface area contributed by atoms with Crippen molar-refractivity contribution in [2.45, 2.75) is 25.9 Å². The molecule has 0 amide bonds. The van der Waals surface area contributed by atoms with Gasteiger partial charge in [-0.2, -0.15) is 5.10 Å². The molecule has 4 nitrogen and oxygen atoms in total. The molecule has 2 rings (SSSR count). The second-order valence-corrected chi connectivity index (χ2v) is 4.32. The average molecular weight is 284 g/mol. The van der Waals surface area contributed by atoms with Crippen LogP contribution in [0, 0.1) is 17.5 Å². The predicted octanol–water partition coefficient (Wildman–Crippen LogP) is 2.22. The van der Waals surface area contributed by atoms with E-state index in [-0.39, 0.29) is 12.0 Å². The zero-order chi connectivity index (χ0) is 14.7. The van der Waals surface area contributed by atoms with E-state index in [1.54, 1.807) is 11.7 Å². The minimum absolute atomic E-state index is 0.195. The van der Waals surface area contributed by atoms with Gasteiger partial charge in [0.1, 0.15) is 29.6 Å². The summed E-state index contributed by atoms with van der Waals surface area (Å²) in [4.78, 5) is 4.07. The third-order valence-corrected chi connectivity index (χ3v) is 3.12. The number of halogens is 3. The lowest BCUT2D eigenvalue weighted by Crippen LogP contribution is -2.23. The fourth-order valence-corrected chi connectivity index (χ4v) is 2.13. The lowest BCUT2D eigenvalue weighted by molar-refractivity contribution is 0.462. The van der Waals surface area contributed by atoms with Gasteiger partial charge in [0.05, 0.1) is 0 Å². The van der Waals surface area contributed by atoms with Crippen molar-refractivity contribution in [2.75, 3.05) is 7.05 Å². The molecular formula is C13H15F3N4. The lowest BCUT2D eigenvalue weighted by atomic mass is 10.0. The first-order valence-corrected chi connectivity index (χ1v) is 6.25. The molecule has 1 atom stereocenters. The van der Waals surface area contributed by atoms with Crippen molar-refractivity contribution in [1.29, 1.82) is 0 Å². The van der Waals surface area contributed by atoms with E-state index in [9.17, 15) is 13.2 Å². The molecule has 7 heteroatoms. The van der Waals surface area contributed by atoms with Gasteiger partial charge in [0, 0.05) is 36.7 Å². The molecule has 0 radical (unpaired) electrons. The van der Waals surface area contributed by atoms with Crippen molar-refractivity contribution >= 4 is 0 Å². The highest BCUT2D eigenvalue weighted by Crippen LogP contribution is 2.24. The highest BCUT2D eigenvalue weighted by atomic mass is 19.1. The molecule has 2 aromatic rings. The normalized spacial score (nSPS) is 12.7. The third-order valence-electron chi connectivity index (χ3n) is 3.12. The minimum Gasteiger partial charge on any atom is -0.312 e. The van der Waals surface area contributed by atoms with Crippen LogP contribution in [0.3, 0.4) is 0 Å². The summed E-state index contributed by atoms with van der Waals surface area (Å²) in [6, 6.07) is 0.700. The molecule has 0 fully saturated rings. The molecule has 0 aliphatic carbocycles. The molecular weight excluding hydrogens is 269 g/mol. The summed E-state index contributed by atoms with van der Waals surface area (Å²) in [7, 11) is 1.58. The Bertz CT molecular complexity index is 574. The third kappa shape index (κ3) is 2.82. The quantitative estimate of drug-likeness (QED) is 0.915. The summed E-state index contributed by atoms with van der Waals surface area (Å²) in [6.45, 7) is 2.51. The second kappa shape index (κ2) is 6.04. The first-order chi connectivity index (χ1) is 9.56. The van der Waals surface area contributed by atoms with Crippen LogP contribution < -0.4 is 5.32 Å². The maximum atomic E-state index is 13.8. The van der Waals surface area contributed by atoms with Crippen molar-refractivity contribution in [2.24, 2.45) is 0 Å². The standard InChI is InChI=1S/C13H15F3N4/c1-3-20-12(18-7-19-20)6-11(17-2)13-9(15)4-8(14)5-10(13)16/h4-5,7,11,17H,3,6H2,1-2H3. The molecule has 0 aliphatic rings. The van der Waals surface area contributed by atoms with Crippen LogP contribution >= 0.6 is 0 Å². The number of likely N-dealkylation sites (N-methyl/N-ethyl adjacent to an activating group) is 1. The van der Waals surface area contributed by atoms with Crippen LogP contribution in [0.15, 0.2) is 18.5 Å². The van der Waals surface area contributed by atoms with Gasteiger partial charge in [-0.1, -0.05) is 0 Å². The molecule has 0 spiro atoms. The van der Waals surface area contributed by atoms with Gasteiger partial charge in [-0.15, -0.1) is 0 Å². The van der Waals surface area contributed by atoms with Gasteiger partial charge in [-0.05, 0) is 14.0 Å². The lowest BCUT2D eigenvalue weighted by Gasteiger charge is -2.18. The summed E-state index contributed by atoms with van der Waals surface area (Å²) in [5.74, 6) is -2.15. The van der Waals surface area contributed by atoms with Crippen molar-refractivity contribution in [3.05, 3.63) is 47.3 Å². The highest BCUT2D eigenvalue weighted by Gasteiger charge is 2.22. The fraction of sp³-hybridized carbons (Fsp3) is 0.385. The Morgan fingerprint density at radius 2 is 1.90 bits per heavy atom. The van der Waals surface area contributed by atoms with Crippen LogP contribution in [0.4, 0.5) is 13.2 Å². The van der Waals surface area contributed by atoms with Gasteiger partial charge in [-0.25, -0.2) is 18.2 Å². The fourth-order valence-electron chi connectivity index (χ4n) is 2.13. The SMILES string of the molecule is CCn1ncnc1CC(NC)c1c(F)cc(F)cc1F. The van der Waals surface area contributed by atoms with Gasteiger partial charge in [0.15, 0.2) is 0 Å². The van der Waals surface area contributed by atoms with Crippen LogP contribution in [0.1, 0.15) is 24.4 Å². The number of hydrogen-bond donors (Lipinski definition) is 1. The summed E-state index contributed by atoms with van der Waals surface area (Å²) in [5, 5.41) is 6.83. The number of benzene rings is 1. The highest BCUT2D eigenvalue weighted by molar-refractivity contribution is 5.25. The molecule has 0 saturated heterocycles. The Balaban J connectivity index is 2.34. The number of aryl methyl sites for hydroxylation is 1. The van der Waals surface area contributed by atoms with Gasteiger partial charge in [0.25, 0.3) is 0 Å². The maximum Gasteiger partial charge on any atom is 0.138 e. The van der Waals surface area contributed by atoms with Crippen LogP contribution in [0.2, 0.25) is 0 Å². The summed E-state index contributed by atoms with van der Waals surface area (Å²) in [6.07, 6.45) is 1.65. The van der Waals surface area contributed by atoms with E-state index < -0.39 is 23.5 Å². The Kier molecular flexibility index (Phi) is 4.39. The van der Waals surface area contributed by atoms with E-state index in [0.29, 0.717) is 24.5 Å². The molecule has 1 aromatic carbocycles. The molecule has 108 valence electrons. The molecule has 1 N–H and O–H groups in total. The average Bonchev–Trinajstić information content (AvgIpc) is 2.83. The van der Waals surface area contributed by atoms with Crippen molar-refractivity contribution in [1.82, 2.24) is 20.1 Å². The molecule has 1 heterocycles. The Morgan fingerprint density at radius 1 is 1.25 bits per heavy atom. The Morgan fingerprint density at radius 3 is 2.45 bits per heavy atom. The van der Waals surface area contributed by atoms with Crippen molar-refractivity contribution in [3.63, 3.8) is 0 Å². The number of aromatic nitrogens is 3. The monoisotopic (exact) mass is 284 g/mol. The predicted molar refractivity (Wildman–Crippen MR) is 67.5 cm³/mol. The zero-order valence-electron chi connectivity index (χ0n) is 11.2. The topological polar surface area (TPSA) is 42.7 Å². The molecule has 0 bridgehead atoms. The van der Waals surface area contributed by atoms with E-state index >= 15 is 0 Å². The van der Waals surface area contributed by atoms with E-state index in [4.69, 9.17) is 0 Å². The molecule has 0 saturated carbocycles. The zero-order valence-corrected chi connectivity index (χ0v) is 11.2. The molecule has 1 aromatic heterocycles. The Labute approximate surface area is 114 Å². The largest absolute Gasteiger partial charge is 0.312 e. The Hall–Kier alpha value is -1.89. The first kappa shape index (κ1) is 14.5. The van der Waals surface area contributed by atoms with E-state index in [1.165, 1.54) is 6.33 Å². The number of nitrogens with zero attached hydrogens (tertiary/aromatic N) is 3. The maximum absolute atomic E-state index is 13.8. The van der Waals surface area contributed by atoms with Crippen LogP contribution in [0.5, 0.6) is 0 Å². The van der Waals surface area contributed by atoms with E-state index in [1.807, 2.05) is 6.92 Å². The minimum atomic E-state index is -0.935. The summed E-state index contributed by atoms with van der Waals surface area (Å²) in [5.41, 5.74) is -0.195. The second-order valence-electron chi connectivity index (χ2n) is 4.32. The summed E-state index contributed by atoms with van der Waals surface area (Å²) < 4.78 is 42.2. The first-order valence-electron chi connectivity index (χ1n) is 6.25. The van der Waals surface area contributed by atoms with E-state index in [0.717, 1.165) is 0 Å². The van der Waals surface area contributed by atoms with E-state index in [2.05, 4.69) is 15.4 Å².